The molecule has 2 aromatic rings. The molecule has 0 saturated heterocycles. The molecule has 3 rings (SSSR count). The van der Waals surface area contributed by atoms with Gasteiger partial charge in [-0.15, -0.1) is 0 Å². The Morgan fingerprint density at radius 1 is 1.40 bits per heavy atom. The third kappa shape index (κ3) is 2.43. The minimum Gasteiger partial charge on any atom is -0.337 e. The fourth-order valence-electron chi connectivity index (χ4n) is 2.55. The van der Waals surface area contributed by atoms with Gasteiger partial charge in [-0.2, -0.15) is 5.10 Å². The number of amides is 1. The van der Waals surface area contributed by atoms with E-state index in [9.17, 15) is 4.79 Å². The highest BCUT2D eigenvalue weighted by molar-refractivity contribution is 5.75. The Morgan fingerprint density at radius 2 is 2.30 bits per heavy atom. The molecular weight excluding hydrogens is 252 g/mol. The molecule has 0 radical (unpaired) electrons. The van der Waals surface area contributed by atoms with E-state index in [4.69, 9.17) is 0 Å². The zero-order chi connectivity index (χ0) is 13.9. The Labute approximate surface area is 118 Å². The van der Waals surface area contributed by atoms with Crippen LogP contribution in [0.3, 0.4) is 0 Å². The van der Waals surface area contributed by atoms with Crippen LogP contribution in [-0.2, 0) is 17.9 Å². The van der Waals surface area contributed by atoms with E-state index in [0.717, 1.165) is 36.5 Å². The van der Waals surface area contributed by atoms with E-state index in [0.29, 0.717) is 13.0 Å². The van der Waals surface area contributed by atoms with E-state index in [1.807, 2.05) is 34.8 Å². The largest absolute Gasteiger partial charge is 0.337 e. The van der Waals surface area contributed by atoms with Crippen molar-refractivity contribution in [2.45, 2.75) is 32.9 Å². The minimum atomic E-state index is 0.211. The molecule has 0 spiro atoms. The van der Waals surface area contributed by atoms with Crippen LogP contribution in [0.1, 0.15) is 25.5 Å². The van der Waals surface area contributed by atoms with Gasteiger partial charge in [0, 0.05) is 37.5 Å². The summed E-state index contributed by atoms with van der Waals surface area (Å²) >= 11 is 0. The lowest BCUT2D eigenvalue weighted by Crippen LogP contribution is -2.29. The molecular formula is C15H18N4O. The van der Waals surface area contributed by atoms with E-state index in [2.05, 4.69) is 16.1 Å². The van der Waals surface area contributed by atoms with Crippen LogP contribution in [0.2, 0.25) is 0 Å². The lowest BCUT2D eigenvalue weighted by Gasteiger charge is -2.18. The summed E-state index contributed by atoms with van der Waals surface area (Å²) in [6.07, 6.45) is 5.08. The van der Waals surface area contributed by atoms with Gasteiger partial charge in [-0.3, -0.25) is 14.5 Å². The molecule has 0 aromatic carbocycles. The number of hydrogen-bond acceptors (Lipinski definition) is 3. The van der Waals surface area contributed by atoms with Crippen molar-refractivity contribution >= 4 is 5.91 Å². The summed E-state index contributed by atoms with van der Waals surface area (Å²) in [5.74, 6) is 0.211. The predicted octanol–water partition coefficient (Wildman–Crippen LogP) is 2.09. The normalized spacial score (nSPS) is 14.8. The van der Waals surface area contributed by atoms with Crippen molar-refractivity contribution in [1.82, 2.24) is 19.7 Å². The zero-order valence-corrected chi connectivity index (χ0v) is 11.6. The van der Waals surface area contributed by atoms with Crippen molar-refractivity contribution in [3.8, 4) is 11.3 Å². The van der Waals surface area contributed by atoms with Crippen LogP contribution >= 0.6 is 0 Å². The molecule has 0 N–H and O–H groups in total. The summed E-state index contributed by atoms with van der Waals surface area (Å²) in [5.41, 5.74) is 3.04. The summed E-state index contributed by atoms with van der Waals surface area (Å²) < 4.78 is 2.02. The number of fused-ring (bicyclic) bond motifs is 1. The van der Waals surface area contributed by atoms with Gasteiger partial charge in [0.05, 0.1) is 17.9 Å². The van der Waals surface area contributed by atoms with Gasteiger partial charge in [-0.25, -0.2) is 0 Å². The number of aryl methyl sites for hydroxylation is 1. The molecule has 0 saturated carbocycles. The molecule has 1 aliphatic heterocycles. The zero-order valence-electron chi connectivity index (χ0n) is 11.6. The lowest BCUT2D eigenvalue weighted by atomic mass is 10.2. The van der Waals surface area contributed by atoms with Crippen molar-refractivity contribution in [3.63, 3.8) is 0 Å². The third-order valence-electron chi connectivity index (χ3n) is 3.63. The number of pyridine rings is 1. The first-order valence-electron chi connectivity index (χ1n) is 7.03. The molecule has 1 aliphatic rings. The van der Waals surface area contributed by atoms with E-state index in [1.54, 1.807) is 6.20 Å². The fraction of sp³-hybridized carbons (Fsp3) is 0.400. The van der Waals surface area contributed by atoms with Crippen molar-refractivity contribution in [3.05, 3.63) is 36.3 Å². The molecule has 0 fully saturated rings. The number of carbonyl (C=O) groups excluding carboxylic acids is 1. The van der Waals surface area contributed by atoms with Crippen LogP contribution in [0.4, 0.5) is 0 Å². The molecule has 0 atom stereocenters. The summed E-state index contributed by atoms with van der Waals surface area (Å²) in [6, 6.07) is 5.98. The summed E-state index contributed by atoms with van der Waals surface area (Å²) in [5, 5.41) is 4.64. The van der Waals surface area contributed by atoms with Crippen LogP contribution in [-0.4, -0.2) is 32.1 Å². The van der Waals surface area contributed by atoms with Crippen molar-refractivity contribution in [1.29, 1.82) is 0 Å². The van der Waals surface area contributed by atoms with Crippen molar-refractivity contribution in [2.75, 3.05) is 6.54 Å². The second-order valence-electron chi connectivity index (χ2n) is 5.01. The molecule has 3 heterocycles. The first-order chi connectivity index (χ1) is 9.78. The van der Waals surface area contributed by atoms with Gasteiger partial charge in [-0.1, -0.05) is 6.92 Å². The van der Waals surface area contributed by atoms with E-state index >= 15 is 0 Å². The first kappa shape index (κ1) is 12.8. The van der Waals surface area contributed by atoms with Crippen LogP contribution in [0.25, 0.3) is 11.3 Å². The highest BCUT2D eigenvalue weighted by Gasteiger charge is 2.19. The quantitative estimate of drug-likeness (QED) is 0.839. The maximum absolute atomic E-state index is 11.9. The second-order valence-corrected chi connectivity index (χ2v) is 5.01. The van der Waals surface area contributed by atoms with Crippen LogP contribution in [0.15, 0.2) is 30.6 Å². The molecule has 2 aromatic heterocycles. The van der Waals surface area contributed by atoms with Gasteiger partial charge in [-0.05, 0) is 24.6 Å². The van der Waals surface area contributed by atoms with Gasteiger partial charge in [0.15, 0.2) is 0 Å². The highest BCUT2D eigenvalue weighted by atomic mass is 16.2. The molecule has 20 heavy (non-hydrogen) atoms. The van der Waals surface area contributed by atoms with E-state index < -0.39 is 0 Å². The van der Waals surface area contributed by atoms with Crippen molar-refractivity contribution < 1.29 is 4.79 Å². The number of rotatable bonds is 2. The van der Waals surface area contributed by atoms with E-state index in [1.165, 1.54) is 0 Å². The molecule has 5 heteroatoms. The molecule has 0 bridgehead atoms. The van der Waals surface area contributed by atoms with Crippen LogP contribution < -0.4 is 0 Å². The molecule has 0 aliphatic carbocycles. The summed E-state index contributed by atoms with van der Waals surface area (Å²) in [6.45, 7) is 4.24. The van der Waals surface area contributed by atoms with Gasteiger partial charge in [0.25, 0.3) is 0 Å². The Morgan fingerprint density at radius 3 is 3.05 bits per heavy atom. The fourth-order valence-corrected chi connectivity index (χ4v) is 2.55. The molecule has 0 unspecified atom stereocenters. The SMILES string of the molecule is CCC(=O)N1CCCn2nc(-c3cccnc3)cc2C1. The molecule has 5 nitrogen and oxygen atoms in total. The molecule has 104 valence electrons. The lowest BCUT2D eigenvalue weighted by molar-refractivity contribution is -0.131. The summed E-state index contributed by atoms with van der Waals surface area (Å²) in [7, 11) is 0. The van der Waals surface area contributed by atoms with E-state index in [-0.39, 0.29) is 5.91 Å². The average Bonchev–Trinajstić information content (AvgIpc) is 2.79. The highest BCUT2D eigenvalue weighted by Crippen LogP contribution is 2.21. The number of aromatic nitrogens is 3. The molecule has 1 amide bonds. The van der Waals surface area contributed by atoms with Crippen molar-refractivity contribution in [2.24, 2.45) is 0 Å². The Hall–Kier alpha value is -2.17. The third-order valence-corrected chi connectivity index (χ3v) is 3.63. The average molecular weight is 270 g/mol. The predicted molar refractivity (Wildman–Crippen MR) is 75.8 cm³/mol. The first-order valence-corrected chi connectivity index (χ1v) is 7.03. The Bertz CT molecular complexity index is 606. The standard InChI is InChI=1S/C15H18N4O/c1-2-15(20)18-7-4-8-19-13(11-18)9-14(17-19)12-5-3-6-16-10-12/h3,5-6,9-10H,2,4,7-8,11H2,1H3. The van der Waals surface area contributed by atoms with Gasteiger partial charge in [0.2, 0.25) is 5.91 Å². The number of carbonyl (C=O) groups is 1. The monoisotopic (exact) mass is 270 g/mol. The Balaban J connectivity index is 1.89. The maximum atomic E-state index is 11.9. The van der Waals surface area contributed by atoms with Gasteiger partial charge in [0.1, 0.15) is 0 Å². The number of nitrogens with zero attached hydrogens (tertiary/aromatic N) is 4. The Kier molecular flexibility index (Phi) is 3.50. The maximum Gasteiger partial charge on any atom is 0.222 e. The summed E-state index contributed by atoms with van der Waals surface area (Å²) in [4.78, 5) is 17.9. The second kappa shape index (κ2) is 5.45. The minimum absolute atomic E-state index is 0.211. The van der Waals surface area contributed by atoms with Gasteiger partial charge < -0.3 is 4.90 Å². The smallest absolute Gasteiger partial charge is 0.222 e. The van der Waals surface area contributed by atoms with Gasteiger partial charge >= 0.3 is 0 Å². The number of hydrogen-bond donors (Lipinski definition) is 0. The topological polar surface area (TPSA) is 51.0 Å². The van der Waals surface area contributed by atoms with Crippen LogP contribution in [0, 0.1) is 0 Å². The van der Waals surface area contributed by atoms with Crippen LogP contribution in [0.5, 0.6) is 0 Å².